The molecule has 1 fully saturated rings. The van der Waals surface area contributed by atoms with Crippen molar-refractivity contribution in [2.45, 2.75) is 25.0 Å². The number of carbonyl (C=O) groups is 1. The molecule has 0 atom stereocenters. The van der Waals surface area contributed by atoms with E-state index in [1.165, 1.54) is 0 Å². The summed E-state index contributed by atoms with van der Waals surface area (Å²) in [5.41, 5.74) is 0.854. The van der Waals surface area contributed by atoms with Gasteiger partial charge in [-0.1, -0.05) is 36.4 Å². The van der Waals surface area contributed by atoms with Crippen LogP contribution in [0.2, 0.25) is 0 Å². The fourth-order valence-electron chi connectivity index (χ4n) is 2.80. The standard InChI is InChI=1S/C18H20N2O3/c21-17(23-14-15-5-2-1-3-6-15)20-11-8-18(22,9-12-20)16-7-4-10-19-13-16/h1-7,10,13,22H,8-9,11-12,14H2. The first-order valence-corrected chi connectivity index (χ1v) is 7.76. The Kier molecular flexibility index (Phi) is 4.57. The second-order valence-electron chi connectivity index (χ2n) is 5.80. The number of aliphatic hydroxyl groups is 1. The molecule has 0 saturated carbocycles. The summed E-state index contributed by atoms with van der Waals surface area (Å²) in [6, 6.07) is 13.3. The minimum Gasteiger partial charge on any atom is -0.445 e. The van der Waals surface area contributed by atoms with Crippen LogP contribution in [-0.4, -0.2) is 34.2 Å². The maximum atomic E-state index is 12.1. The predicted octanol–water partition coefficient (Wildman–Crippen LogP) is 2.70. The van der Waals surface area contributed by atoms with Crippen molar-refractivity contribution < 1.29 is 14.6 Å². The lowest BCUT2D eigenvalue weighted by Crippen LogP contribution is -2.45. The zero-order valence-electron chi connectivity index (χ0n) is 12.9. The van der Waals surface area contributed by atoms with E-state index in [0.29, 0.717) is 25.9 Å². The van der Waals surface area contributed by atoms with Crippen LogP contribution < -0.4 is 0 Å². The number of aromatic nitrogens is 1. The highest BCUT2D eigenvalue weighted by atomic mass is 16.6. The first-order valence-electron chi connectivity index (χ1n) is 7.76. The minimum absolute atomic E-state index is 0.267. The van der Waals surface area contributed by atoms with E-state index < -0.39 is 5.60 Å². The number of likely N-dealkylation sites (tertiary alicyclic amines) is 1. The third-order valence-electron chi connectivity index (χ3n) is 4.25. The summed E-state index contributed by atoms with van der Waals surface area (Å²) in [4.78, 5) is 17.8. The maximum absolute atomic E-state index is 12.1. The number of pyridine rings is 1. The maximum Gasteiger partial charge on any atom is 0.410 e. The van der Waals surface area contributed by atoms with Crippen LogP contribution in [0.3, 0.4) is 0 Å². The third kappa shape index (κ3) is 3.68. The zero-order chi connectivity index (χ0) is 16.1. The Labute approximate surface area is 135 Å². The van der Waals surface area contributed by atoms with Crippen LogP contribution in [0.5, 0.6) is 0 Å². The lowest BCUT2D eigenvalue weighted by Gasteiger charge is -2.37. The first-order chi connectivity index (χ1) is 11.2. The molecular formula is C18H20N2O3. The lowest BCUT2D eigenvalue weighted by atomic mass is 9.85. The highest BCUT2D eigenvalue weighted by Crippen LogP contribution is 2.32. The molecule has 0 bridgehead atoms. The van der Waals surface area contributed by atoms with Crippen molar-refractivity contribution in [2.24, 2.45) is 0 Å². The highest BCUT2D eigenvalue weighted by Gasteiger charge is 2.36. The molecule has 1 N–H and O–H groups in total. The fraction of sp³-hybridized carbons (Fsp3) is 0.333. The van der Waals surface area contributed by atoms with Crippen LogP contribution in [0.25, 0.3) is 0 Å². The number of hydrogen-bond acceptors (Lipinski definition) is 4. The van der Waals surface area contributed by atoms with Crippen LogP contribution in [0, 0.1) is 0 Å². The monoisotopic (exact) mass is 312 g/mol. The van der Waals surface area contributed by atoms with Crippen LogP contribution in [0.15, 0.2) is 54.9 Å². The zero-order valence-corrected chi connectivity index (χ0v) is 12.9. The molecule has 1 aliphatic heterocycles. The largest absolute Gasteiger partial charge is 0.445 e. The van der Waals surface area contributed by atoms with Crippen molar-refractivity contribution in [3.05, 3.63) is 66.0 Å². The molecule has 1 aliphatic rings. The van der Waals surface area contributed by atoms with Crippen molar-refractivity contribution in [3.63, 3.8) is 0 Å². The quantitative estimate of drug-likeness (QED) is 0.946. The Morgan fingerprint density at radius 2 is 1.91 bits per heavy atom. The van der Waals surface area contributed by atoms with Gasteiger partial charge < -0.3 is 14.7 Å². The van der Waals surface area contributed by atoms with E-state index in [4.69, 9.17) is 4.74 Å². The molecule has 1 saturated heterocycles. The Morgan fingerprint density at radius 1 is 1.17 bits per heavy atom. The van der Waals surface area contributed by atoms with Crippen LogP contribution in [0.1, 0.15) is 24.0 Å². The number of amides is 1. The summed E-state index contributed by atoms with van der Waals surface area (Å²) in [7, 11) is 0. The van der Waals surface area contributed by atoms with Gasteiger partial charge in [0.05, 0.1) is 5.60 Å². The highest BCUT2D eigenvalue weighted by molar-refractivity contribution is 5.67. The fourth-order valence-corrected chi connectivity index (χ4v) is 2.80. The van der Waals surface area contributed by atoms with E-state index >= 15 is 0 Å². The summed E-state index contributed by atoms with van der Waals surface area (Å²) in [5.74, 6) is 0. The molecular weight excluding hydrogens is 292 g/mol. The van der Waals surface area contributed by atoms with Crippen molar-refractivity contribution in [2.75, 3.05) is 13.1 Å². The third-order valence-corrected chi connectivity index (χ3v) is 4.25. The van der Waals surface area contributed by atoms with E-state index in [1.807, 2.05) is 42.5 Å². The number of ether oxygens (including phenoxy) is 1. The Bertz CT molecular complexity index is 638. The number of nitrogens with zero attached hydrogens (tertiary/aromatic N) is 2. The second-order valence-corrected chi connectivity index (χ2v) is 5.80. The van der Waals surface area contributed by atoms with Crippen molar-refractivity contribution in [1.82, 2.24) is 9.88 Å². The van der Waals surface area contributed by atoms with Gasteiger partial charge in [0.1, 0.15) is 6.61 Å². The van der Waals surface area contributed by atoms with Gasteiger partial charge in [-0.15, -0.1) is 0 Å². The SMILES string of the molecule is O=C(OCc1ccccc1)N1CCC(O)(c2cccnc2)CC1. The van der Waals surface area contributed by atoms with E-state index in [-0.39, 0.29) is 12.7 Å². The van der Waals surface area contributed by atoms with Gasteiger partial charge in [0.15, 0.2) is 0 Å². The number of piperidine rings is 1. The summed E-state index contributed by atoms with van der Waals surface area (Å²) in [6.45, 7) is 1.21. The average Bonchev–Trinajstić information content (AvgIpc) is 2.62. The van der Waals surface area contributed by atoms with Gasteiger partial charge >= 0.3 is 6.09 Å². The van der Waals surface area contributed by atoms with Gasteiger partial charge in [-0.25, -0.2) is 4.79 Å². The van der Waals surface area contributed by atoms with Gasteiger partial charge in [0.25, 0.3) is 0 Å². The van der Waals surface area contributed by atoms with Gasteiger partial charge in [0.2, 0.25) is 0 Å². The average molecular weight is 312 g/mol. The van der Waals surface area contributed by atoms with Crippen LogP contribution >= 0.6 is 0 Å². The molecule has 0 unspecified atom stereocenters. The molecule has 120 valence electrons. The Balaban J connectivity index is 1.53. The van der Waals surface area contributed by atoms with Crippen molar-refractivity contribution in [3.8, 4) is 0 Å². The molecule has 1 aromatic heterocycles. The number of carbonyl (C=O) groups excluding carboxylic acids is 1. The van der Waals surface area contributed by atoms with Crippen LogP contribution in [0.4, 0.5) is 4.79 Å². The van der Waals surface area contributed by atoms with Crippen LogP contribution in [-0.2, 0) is 16.9 Å². The first kappa shape index (κ1) is 15.5. The topological polar surface area (TPSA) is 62.7 Å². The lowest BCUT2D eigenvalue weighted by molar-refractivity contribution is -0.0257. The molecule has 3 rings (SSSR count). The van der Waals surface area contributed by atoms with Crippen molar-refractivity contribution in [1.29, 1.82) is 0 Å². The van der Waals surface area contributed by atoms with E-state index in [9.17, 15) is 9.90 Å². The molecule has 0 radical (unpaired) electrons. The number of hydrogen-bond donors (Lipinski definition) is 1. The molecule has 2 aromatic rings. The van der Waals surface area contributed by atoms with E-state index in [2.05, 4.69) is 4.98 Å². The summed E-state index contributed by atoms with van der Waals surface area (Å²) < 4.78 is 5.33. The number of benzene rings is 1. The molecule has 23 heavy (non-hydrogen) atoms. The molecule has 0 aliphatic carbocycles. The van der Waals surface area contributed by atoms with Gasteiger partial charge in [-0.05, 0) is 24.5 Å². The summed E-state index contributed by atoms with van der Waals surface area (Å²) in [5, 5.41) is 10.7. The van der Waals surface area contributed by atoms with Gasteiger partial charge in [-0.3, -0.25) is 4.98 Å². The smallest absolute Gasteiger partial charge is 0.410 e. The Hall–Kier alpha value is -2.40. The van der Waals surface area contributed by atoms with E-state index in [1.54, 1.807) is 17.3 Å². The minimum atomic E-state index is -0.912. The van der Waals surface area contributed by atoms with Crippen molar-refractivity contribution >= 4 is 6.09 Å². The predicted molar refractivity (Wildman–Crippen MR) is 85.6 cm³/mol. The summed E-state index contributed by atoms with van der Waals surface area (Å²) >= 11 is 0. The molecule has 2 heterocycles. The normalized spacial score (nSPS) is 16.8. The van der Waals surface area contributed by atoms with Gasteiger partial charge in [0, 0.05) is 31.0 Å². The summed E-state index contributed by atoms with van der Waals surface area (Å²) in [6.07, 6.45) is 4.01. The second kappa shape index (κ2) is 6.79. The van der Waals surface area contributed by atoms with Gasteiger partial charge in [-0.2, -0.15) is 0 Å². The molecule has 1 aromatic carbocycles. The molecule has 0 spiro atoms. The molecule has 1 amide bonds. The number of rotatable bonds is 3. The van der Waals surface area contributed by atoms with E-state index in [0.717, 1.165) is 11.1 Å². The Morgan fingerprint density at radius 3 is 2.57 bits per heavy atom. The molecule has 5 nitrogen and oxygen atoms in total. The molecule has 5 heteroatoms.